The molecule has 1 heterocycles. The normalized spacial score (nSPS) is 16.2. The SMILES string of the molecule is Cn1cnc([N+](=O)[O-])c1NCC1(c2ccccc2)CCC1. The van der Waals surface area contributed by atoms with E-state index in [2.05, 4.69) is 22.4 Å². The topological polar surface area (TPSA) is 73.0 Å². The number of hydrogen-bond donors (Lipinski definition) is 1. The first-order valence-corrected chi connectivity index (χ1v) is 7.07. The Hall–Kier alpha value is -2.37. The molecule has 1 N–H and O–H groups in total. The van der Waals surface area contributed by atoms with Crippen molar-refractivity contribution in [3.8, 4) is 0 Å². The molecule has 0 atom stereocenters. The van der Waals surface area contributed by atoms with Crippen molar-refractivity contribution in [1.82, 2.24) is 9.55 Å². The standard InChI is InChI=1S/C15H18N4O2/c1-18-11-17-14(19(20)21)13(18)16-10-15(8-5-9-15)12-6-3-2-4-7-12/h2-4,6-7,11,16H,5,8-10H2,1H3. The Morgan fingerprint density at radius 1 is 1.38 bits per heavy atom. The van der Waals surface area contributed by atoms with E-state index in [0.29, 0.717) is 12.4 Å². The molecule has 21 heavy (non-hydrogen) atoms. The maximum Gasteiger partial charge on any atom is 0.406 e. The van der Waals surface area contributed by atoms with Crippen molar-refractivity contribution in [3.63, 3.8) is 0 Å². The summed E-state index contributed by atoms with van der Waals surface area (Å²) in [5.41, 5.74) is 1.38. The predicted octanol–water partition coefficient (Wildman–Crippen LogP) is 2.86. The van der Waals surface area contributed by atoms with E-state index >= 15 is 0 Å². The lowest BCUT2D eigenvalue weighted by atomic mass is 9.64. The number of anilines is 1. The number of hydrogen-bond acceptors (Lipinski definition) is 4. The van der Waals surface area contributed by atoms with Crippen LogP contribution in [0.4, 0.5) is 11.6 Å². The Kier molecular flexibility index (Phi) is 3.37. The first-order valence-electron chi connectivity index (χ1n) is 7.07. The van der Waals surface area contributed by atoms with E-state index in [1.54, 1.807) is 11.6 Å². The summed E-state index contributed by atoms with van der Waals surface area (Å²) in [7, 11) is 1.76. The third-order valence-electron chi connectivity index (χ3n) is 4.38. The maximum absolute atomic E-state index is 11.0. The molecule has 6 nitrogen and oxygen atoms in total. The lowest BCUT2D eigenvalue weighted by Gasteiger charge is -2.42. The highest BCUT2D eigenvalue weighted by Crippen LogP contribution is 2.44. The molecule has 0 saturated heterocycles. The molecule has 1 aromatic heterocycles. The molecule has 0 bridgehead atoms. The monoisotopic (exact) mass is 286 g/mol. The van der Waals surface area contributed by atoms with Gasteiger partial charge in [0.2, 0.25) is 12.1 Å². The van der Waals surface area contributed by atoms with Gasteiger partial charge in [-0.3, -0.25) is 4.57 Å². The van der Waals surface area contributed by atoms with Gasteiger partial charge in [-0.05, 0) is 28.3 Å². The first kappa shape index (κ1) is 13.6. The summed E-state index contributed by atoms with van der Waals surface area (Å²) in [6, 6.07) is 10.4. The van der Waals surface area contributed by atoms with Gasteiger partial charge < -0.3 is 15.4 Å². The number of nitrogens with zero attached hydrogens (tertiary/aromatic N) is 3. The van der Waals surface area contributed by atoms with Crippen LogP contribution in [0.15, 0.2) is 36.7 Å². The quantitative estimate of drug-likeness (QED) is 0.677. The van der Waals surface area contributed by atoms with Crippen molar-refractivity contribution < 1.29 is 4.92 Å². The van der Waals surface area contributed by atoms with E-state index in [0.717, 1.165) is 12.8 Å². The Bertz CT molecular complexity index is 647. The van der Waals surface area contributed by atoms with Crippen LogP contribution in [0.5, 0.6) is 0 Å². The summed E-state index contributed by atoms with van der Waals surface area (Å²) < 4.78 is 1.66. The molecule has 1 fully saturated rings. The summed E-state index contributed by atoms with van der Waals surface area (Å²) in [6.07, 6.45) is 4.88. The van der Waals surface area contributed by atoms with Crippen LogP contribution in [-0.2, 0) is 12.5 Å². The molecule has 0 unspecified atom stereocenters. The van der Waals surface area contributed by atoms with Crippen LogP contribution >= 0.6 is 0 Å². The number of nitrogens with one attached hydrogen (secondary N) is 1. The first-order chi connectivity index (χ1) is 10.1. The Morgan fingerprint density at radius 3 is 2.67 bits per heavy atom. The molecular weight excluding hydrogens is 268 g/mol. The van der Waals surface area contributed by atoms with Gasteiger partial charge in [0, 0.05) is 19.0 Å². The van der Waals surface area contributed by atoms with Gasteiger partial charge in [-0.2, -0.15) is 0 Å². The molecule has 0 radical (unpaired) electrons. The molecule has 1 aliphatic rings. The minimum absolute atomic E-state index is 0.0827. The minimum Gasteiger partial charge on any atom is -0.363 e. The number of rotatable bonds is 5. The molecule has 1 aromatic carbocycles. The van der Waals surface area contributed by atoms with Crippen molar-refractivity contribution in [2.24, 2.45) is 7.05 Å². The zero-order valence-corrected chi connectivity index (χ0v) is 12.0. The van der Waals surface area contributed by atoms with Crippen LogP contribution in [0.2, 0.25) is 0 Å². The van der Waals surface area contributed by atoms with Crippen molar-refractivity contribution in [1.29, 1.82) is 0 Å². The zero-order chi connectivity index (χ0) is 14.9. The van der Waals surface area contributed by atoms with Crippen LogP contribution in [0.3, 0.4) is 0 Å². The van der Waals surface area contributed by atoms with Gasteiger partial charge in [0.05, 0.1) is 0 Å². The Balaban J connectivity index is 1.81. The van der Waals surface area contributed by atoms with Crippen molar-refractivity contribution in [2.45, 2.75) is 24.7 Å². The van der Waals surface area contributed by atoms with Crippen molar-refractivity contribution in [2.75, 3.05) is 11.9 Å². The van der Waals surface area contributed by atoms with Gasteiger partial charge in [0.15, 0.2) is 0 Å². The van der Waals surface area contributed by atoms with Gasteiger partial charge >= 0.3 is 5.82 Å². The summed E-state index contributed by atoms with van der Waals surface area (Å²) >= 11 is 0. The van der Waals surface area contributed by atoms with E-state index in [1.165, 1.54) is 18.3 Å². The number of aromatic nitrogens is 2. The molecule has 0 spiro atoms. The van der Waals surface area contributed by atoms with E-state index in [4.69, 9.17) is 0 Å². The summed E-state index contributed by atoms with van der Waals surface area (Å²) in [5.74, 6) is 0.363. The number of benzene rings is 1. The Morgan fingerprint density at radius 2 is 2.10 bits per heavy atom. The Labute approximate surface area is 123 Å². The highest BCUT2D eigenvalue weighted by atomic mass is 16.6. The van der Waals surface area contributed by atoms with E-state index in [9.17, 15) is 10.1 Å². The van der Waals surface area contributed by atoms with Crippen LogP contribution < -0.4 is 5.32 Å². The van der Waals surface area contributed by atoms with Crippen molar-refractivity contribution in [3.05, 3.63) is 52.3 Å². The fourth-order valence-electron chi connectivity index (χ4n) is 2.97. The summed E-state index contributed by atoms with van der Waals surface area (Å²) in [6.45, 7) is 0.692. The molecule has 2 aromatic rings. The predicted molar refractivity (Wildman–Crippen MR) is 80.3 cm³/mol. The largest absolute Gasteiger partial charge is 0.406 e. The van der Waals surface area contributed by atoms with Gasteiger partial charge in [-0.1, -0.05) is 36.8 Å². The summed E-state index contributed by atoms with van der Waals surface area (Å²) in [5, 5.41) is 14.2. The number of imidazole rings is 1. The van der Waals surface area contributed by atoms with Crippen molar-refractivity contribution >= 4 is 11.6 Å². The summed E-state index contributed by atoms with van der Waals surface area (Å²) in [4.78, 5) is 14.4. The van der Waals surface area contributed by atoms with Crippen LogP contribution in [0, 0.1) is 10.1 Å². The van der Waals surface area contributed by atoms with Crippen LogP contribution in [0.1, 0.15) is 24.8 Å². The lowest BCUT2D eigenvalue weighted by molar-refractivity contribution is -0.388. The van der Waals surface area contributed by atoms with E-state index in [-0.39, 0.29) is 11.2 Å². The maximum atomic E-state index is 11.0. The van der Waals surface area contributed by atoms with Gasteiger partial charge in [-0.15, -0.1) is 0 Å². The second-order valence-corrected chi connectivity index (χ2v) is 5.64. The lowest BCUT2D eigenvalue weighted by Crippen LogP contribution is -2.41. The number of nitro groups is 1. The molecule has 0 amide bonds. The molecule has 6 heteroatoms. The fourth-order valence-corrected chi connectivity index (χ4v) is 2.97. The average Bonchev–Trinajstić information content (AvgIpc) is 2.80. The smallest absolute Gasteiger partial charge is 0.363 e. The van der Waals surface area contributed by atoms with Crippen LogP contribution in [0.25, 0.3) is 0 Å². The zero-order valence-electron chi connectivity index (χ0n) is 12.0. The highest BCUT2D eigenvalue weighted by molar-refractivity contribution is 5.52. The second kappa shape index (κ2) is 5.20. The fraction of sp³-hybridized carbons (Fsp3) is 0.400. The van der Waals surface area contributed by atoms with E-state index < -0.39 is 4.92 Å². The third kappa shape index (κ3) is 2.37. The molecule has 1 saturated carbocycles. The van der Waals surface area contributed by atoms with E-state index in [1.807, 2.05) is 18.2 Å². The average molecular weight is 286 g/mol. The third-order valence-corrected chi connectivity index (χ3v) is 4.38. The molecular formula is C15H18N4O2. The van der Waals surface area contributed by atoms with Crippen LogP contribution in [-0.4, -0.2) is 21.0 Å². The number of aryl methyl sites for hydroxylation is 1. The molecule has 0 aliphatic heterocycles. The highest BCUT2D eigenvalue weighted by Gasteiger charge is 2.39. The van der Waals surface area contributed by atoms with Gasteiger partial charge in [0.25, 0.3) is 0 Å². The molecule has 3 rings (SSSR count). The minimum atomic E-state index is -0.446. The molecule has 110 valence electrons. The molecule has 1 aliphatic carbocycles. The van der Waals surface area contributed by atoms with Gasteiger partial charge in [0.1, 0.15) is 0 Å². The second-order valence-electron chi connectivity index (χ2n) is 5.64. The van der Waals surface area contributed by atoms with Gasteiger partial charge in [-0.25, -0.2) is 0 Å².